The van der Waals surface area contributed by atoms with E-state index in [4.69, 9.17) is 17.3 Å². The molecule has 0 bridgehead atoms. The summed E-state index contributed by atoms with van der Waals surface area (Å²) in [6.07, 6.45) is 4.01. The van der Waals surface area contributed by atoms with Crippen LogP contribution in [0, 0.1) is 0 Å². The molecule has 5 heteroatoms. The van der Waals surface area contributed by atoms with Gasteiger partial charge in [0.05, 0.1) is 18.2 Å². The molecule has 0 N–H and O–H groups in total. The third-order valence-electron chi connectivity index (χ3n) is 3.66. The van der Waals surface area contributed by atoms with E-state index in [1.807, 2.05) is 12.1 Å². The highest BCUT2D eigenvalue weighted by Crippen LogP contribution is 2.41. The fourth-order valence-corrected chi connectivity index (χ4v) is 2.67. The second kappa shape index (κ2) is 5.02. The molecule has 2 aromatic carbocycles. The zero-order chi connectivity index (χ0) is 15.9. The lowest BCUT2D eigenvalue weighted by Gasteiger charge is -2.31. The normalized spacial score (nSPS) is 19.4. The fourth-order valence-electron chi connectivity index (χ4n) is 2.67. The van der Waals surface area contributed by atoms with Crippen LogP contribution < -0.4 is 4.74 Å². The van der Waals surface area contributed by atoms with Crippen LogP contribution in [0.2, 0.25) is 0 Å². The van der Waals surface area contributed by atoms with Crippen LogP contribution in [0.25, 0.3) is 16.8 Å². The molecule has 0 aliphatic carbocycles. The second-order valence-electron chi connectivity index (χ2n) is 5.31. The third-order valence-corrected chi connectivity index (χ3v) is 3.66. The fraction of sp³-hybridized carbons (Fsp3) is 0.176. The molecule has 1 aliphatic rings. The van der Waals surface area contributed by atoms with E-state index in [0.717, 1.165) is 5.39 Å². The number of carbonyl (C=O) groups excluding carboxylic acids is 2. The molecular weight excluding hydrogens is 279 g/mol. The van der Waals surface area contributed by atoms with Crippen LogP contribution in [0.5, 0.6) is 5.75 Å². The predicted molar refractivity (Wildman–Crippen MR) is 84.5 cm³/mol. The first-order valence-electron chi connectivity index (χ1n) is 6.78. The maximum atomic E-state index is 12.2. The Kier molecular flexibility index (Phi) is 3.28. The van der Waals surface area contributed by atoms with Gasteiger partial charge in [-0.1, -0.05) is 36.4 Å². The van der Waals surface area contributed by atoms with Crippen LogP contribution in [0.4, 0.5) is 0 Å². The summed E-state index contributed by atoms with van der Waals surface area (Å²) < 4.78 is 10.7. The molecule has 0 spiro atoms. The van der Waals surface area contributed by atoms with Crippen molar-refractivity contribution < 1.29 is 19.1 Å². The summed E-state index contributed by atoms with van der Waals surface area (Å²) in [5, 5.41) is 1.36. The summed E-state index contributed by atoms with van der Waals surface area (Å²) in [7, 11) is 7.29. The first-order chi connectivity index (χ1) is 10.5. The van der Waals surface area contributed by atoms with Gasteiger partial charge in [0, 0.05) is 16.5 Å². The van der Waals surface area contributed by atoms with Crippen LogP contribution in [0.15, 0.2) is 30.3 Å². The molecule has 0 amide bonds. The molecule has 1 atom stereocenters. The molecule has 1 aliphatic heterocycles. The van der Waals surface area contributed by atoms with Crippen molar-refractivity contribution in [3.63, 3.8) is 0 Å². The van der Waals surface area contributed by atoms with Gasteiger partial charge in [-0.2, -0.15) is 0 Å². The van der Waals surface area contributed by atoms with E-state index < -0.39 is 11.5 Å². The highest BCUT2D eigenvalue weighted by molar-refractivity contribution is 6.18. The van der Waals surface area contributed by atoms with Crippen molar-refractivity contribution in [1.82, 2.24) is 0 Å². The average molecular weight is 292 g/mol. The number of fused-ring (bicyclic) bond motifs is 3. The molecular formula is C17H13BO4. The maximum Gasteiger partial charge on any atom is 0.339 e. The van der Waals surface area contributed by atoms with Gasteiger partial charge in [-0.15, -0.1) is 0 Å². The molecule has 108 valence electrons. The van der Waals surface area contributed by atoms with Crippen LogP contribution in [-0.2, 0) is 4.74 Å². The number of hydrogen-bond acceptors (Lipinski definition) is 4. The Balaban J connectivity index is 2.48. The summed E-state index contributed by atoms with van der Waals surface area (Å²) in [4.78, 5) is 23.7. The molecule has 0 saturated carbocycles. The minimum absolute atomic E-state index is 0.193. The molecule has 3 rings (SSSR count). The zero-order valence-electron chi connectivity index (χ0n) is 12.3. The Morgan fingerprint density at radius 3 is 2.64 bits per heavy atom. The first-order valence-corrected chi connectivity index (χ1v) is 6.78. The van der Waals surface area contributed by atoms with Crippen molar-refractivity contribution in [3.8, 4) is 5.75 Å². The van der Waals surface area contributed by atoms with Gasteiger partial charge in [-0.25, -0.2) is 4.79 Å². The molecule has 4 nitrogen and oxygen atoms in total. The van der Waals surface area contributed by atoms with Crippen LogP contribution in [0.3, 0.4) is 0 Å². The van der Waals surface area contributed by atoms with Crippen molar-refractivity contribution in [2.24, 2.45) is 0 Å². The summed E-state index contributed by atoms with van der Waals surface area (Å²) in [5.41, 5.74) is 0.00914. The Morgan fingerprint density at radius 2 is 2.00 bits per heavy atom. The van der Waals surface area contributed by atoms with Gasteiger partial charge in [-0.3, -0.25) is 4.79 Å². The van der Waals surface area contributed by atoms with E-state index in [9.17, 15) is 9.59 Å². The summed E-state index contributed by atoms with van der Waals surface area (Å²) in [6, 6.07) is 7.23. The number of benzene rings is 2. The standard InChI is InChI=1S/C17H13BO4/c1-17(18)8-7-12-14(16(20)21-2)13(9-19)10-5-3-4-6-11(10)15(12)22-17/h3-9H,1-2H3. The van der Waals surface area contributed by atoms with E-state index in [-0.39, 0.29) is 11.1 Å². The van der Waals surface area contributed by atoms with Gasteiger partial charge in [0.1, 0.15) is 13.6 Å². The number of carbonyl (C=O) groups is 2. The van der Waals surface area contributed by atoms with Crippen molar-refractivity contribution >= 4 is 37.0 Å². The number of hydrogen-bond donors (Lipinski definition) is 0. The minimum Gasteiger partial charge on any atom is -0.492 e. The van der Waals surface area contributed by atoms with E-state index in [1.54, 1.807) is 31.2 Å². The van der Waals surface area contributed by atoms with Crippen molar-refractivity contribution in [1.29, 1.82) is 0 Å². The largest absolute Gasteiger partial charge is 0.492 e. The molecule has 2 aromatic rings. The Labute approximate surface area is 129 Å². The highest BCUT2D eigenvalue weighted by Gasteiger charge is 2.29. The smallest absolute Gasteiger partial charge is 0.339 e. The quantitative estimate of drug-likeness (QED) is 0.485. The third kappa shape index (κ3) is 2.10. The zero-order valence-corrected chi connectivity index (χ0v) is 12.3. The van der Waals surface area contributed by atoms with Crippen molar-refractivity contribution in [2.45, 2.75) is 12.4 Å². The predicted octanol–water partition coefficient (Wildman–Crippen LogP) is 2.73. The summed E-state index contributed by atoms with van der Waals surface area (Å²) >= 11 is 0. The molecule has 2 radical (unpaired) electrons. The topological polar surface area (TPSA) is 52.6 Å². The lowest BCUT2D eigenvalue weighted by Crippen LogP contribution is -2.32. The van der Waals surface area contributed by atoms with E-state index in [1.165, 1.54) is 7.11 Å². The van der Waals surface area contributed by atoms with Gasteiger partial charge >= 0.3 is 5.97 Å². The minimum atomic E-state index is -0.980. The van der Waals surface area contributed by atoms with Gasteiger partial charge < -0.3 is 9.47 Å². The van der Waals surface area contributed by atoms with Gasteiger partial charge in [0.25, 0.3) is 0 Å². The molecule has 0 aromatic heterocycles. The highest BCUT2D eigenvalue weighted by atomic mass is 16.5. The Bertz CT molecular complexity index is 821. The number of rotatable bonds is 2. The number of esters is 1. The molecule has 1 unspecified atom stereocenters. The lowest BCUT2D eigenvalue weighted by molar-refractivity contribution is 0.0597. The first kappa shape index (κ1) is 14.4. The number of methoxy groups -OCH3 is 1. The SMILES string of the molecule is [B]C1(C)C=Cc2c(C(=O)OC)c(C=O)c3ccccc3c2O1. The molecule has 0 saturated heterocycles. The molecule has 0 fully saturated rings. The number of ether oxygens (including phenoxy) is 2. The lowest BCUT2D eigenvalue weighted by atomic mass is 9.80. The molecule has 22 heavy (non-hydrogen) atoms. The van der Waals surface area contributed by atoms with E-state index >= 15 is 0 Å². The Morgan fingerprint density at radius 1 is 1.32 bits per heavy atom. The van der Waals surface area contributed by atoms with Crippen LogP contribution >= 0.6 is 0 Å². The van der Waals surface area contributed by atoms with Gasteiger partial charge in [-0.05, 0) is 12.3 Å². The average Bonchev–Trinajstić information content (AvgIpc) is 2.52. The summed E-state index contributed by atoms with van der Waals surface area (Å²) in [5.74, 6) is -0.105. The van der Waals surface area contributed by atoms with Crippen molar-refractivity contribution in [2.75, 3.05) is 7.11 Å². The summed E-state index contributed by atoms with van der Waals surface area (Å²) in [6.45, 7) is 1.71. The van der Waals surface area contributed by atoms with Crippen LogP contribution in [-0.4, -0.2) is 32.7 Å². The number of aldehydes is 1. The van der Waals surface area contributed by atoms with Crippen LogP contribution in [0.1, 0.15) is 33.2 Å². The van der Waals surface area contributed by atoms with Gasteiger partial charge in [0.2, 0.25) is 0 Å². The van der Waals surface area contributed by atoms with Gasteiger partial charge in [0.15, 0.2) is 6.29 Å². The van der Waals surface area contributed by atoms with E-state index in [0.29, 0.717) is 23.0 Å². The maximum absolute atomic E-state index is 12.2. The molecule has 1 heterocycles. The van der Waals surface area contributed by atoms with Crippen molar-refractivity contribution in [3.05, 3.63) is 47.0 Å². The Hall–Kier alpha value is -2.56. The second-order valence-corrected chi connectivity index (χ2v) is 5.31. The van der Waals surface area contributed by atoms with E-state index in [2.05, 4.69) is 0 Å². The monoisotopic (exact) mass is 292 g/mol.